The van der Waals surface area contributed by atoms with Crippen molar-refractivity contribution < 1.29 is 14.9 Å². The van der Waals surface area contributed by atoms with E-state index in [1.807, 2.05) is 13.8 Å². The molecule has 1 saturated carbocycles. The Kier molecular flexibility index (Phi) is 3.49. The maximum Gasteiger partial charge on any atom is 0.160 e. The first kappa shape index (κ1) is 12.9. The molecule has 0 aromatic carbocycles. The molecular formula is C12H24O3. The molecule has 0 aliphatic heterocycles. The van der Waals surface area contributed by atoms with Gasteiger partial charge < -0.3 is 14.9 Å². The van der Waals surface area contributed by atoms with Gasteiger partial charge in [0.2, 0.25) is 0 Å². The van der Waals surface area contributed by atoms with Crippen molar-refractivity contribution in [3.05, 3.63) is 0 Å². The Morgan fingerprint density at radius 1 is 1.07 bits per heavy atom. The van der Waals surface area contributed by atoms with Crippen LogP contribution in [0.1, 0.15) is 47.5 Å². The van der Waals surface area contributed by atoms with E-state index in [4.69, 9.17) is 4.74 Å². The highest BCUT2D eigenvalue weighted by atomic mass is 16.6. The minimum absolute atomic E-state index is 0.0569. The molecule has 3 nitrogen and oxygen atoms in total. The van der Waals surface area contributed by atoms with Crippen LogP contribution in [-0.2, 0) is 4.74 Å². The molecule has 0 bridgehead atoms. The fourth-order valence-electron chi connectivity index (χ4n) is 2.32. The molecule has 3 atom stereocenters. The molecule has 1 fully saturated rings. The molecule has 0 aromatic heterocycles. The molecule has 1 unspecified atom stereocenters. The minimum atomic E-state index is -1.08. The van der Waals surface area contributed by atoms with E-state index in [1.54, 1.807) is 13.8 Å². The Bertz CT molecular complexity index is 212. The van der Waals surface area contributed by atoms with Crippen LogP contribution in [0.4, 0.5) is 0 Å². The number of hydrogen-bond donors (Lipinski definition) is 2. The molecule has 90 valence electrons. The van der Waals surface area contributed by atoms with Crippen LogP contribution in [0.15, 0.2) is 0 Å². The predicted octanol–water partition coefficient (Wildman–Crippen LogP) is 1.92. The molecule has 0 amide bonds. The van der Waals surface area contributed by atoms with Crippen molar-refractivity contribution in [2.75, 3.05) is 0 Å². The van der Waals surface area contributed by atoms with Gasteiger partial charge >= 0.3 is 0 Å². The lowest BCUT2D eigenvalue weighted by Gasteiger charge is -2.27. The van der Waals surface area contributed by atoms with Gasteiger partial charge in [-0.3, -0.25) is 0 Å². The third-order valence-corrected chi connectivity index (χ3v) is 3.25. The minimum Gasteiger partial charge on any atom is -0.390 e. The van der Waals surface area contributed by atoms with Gasteiger partial charge in [-0.1, -0.05) is 6.92 Å². The summed E-state index contributed by atoms with van der Waals surface area (Å²) in [6, 6.07) is 0. The van der Waals surface area contributed by atoms with Crippen LogP contribution >= 0.6 is 0 Å². The summed E-state index contributed by atoms with van der Waals surface area (Å²) in [5.41, 5.74) is -0.647. The molecule has 3 heteroatoms. The summed E-state index contributed by atoms with van der Waals surface area (Å²) in [7, 11) is 0. The van der Waals surface area contributed by atoms with E-state index in [0.717, 1.165) is 12.8 Å². The highest BCUT2D eigenvalue weighted by Crippen LogP contribution is 2.40. The highest BCUT2D eigenvalue weighted by Gasteiger charge is 2.41. The zero-order valence-corrected chi connectivity index (χ0v) is 10.4. The van der Waals surface area contributed by atoms with Gasteiger partial charge in [0.05, 0.1) is 11.7 Å². The van der Waals surface area contributed by atoms with E-state index in [0.29, 0.717) is 5.92 Å². The number of rotatable bonds is 3. The fourth-order valence-corrected chi connectivity index (χ4v) is 2.32. The standard InChI is InChI=1S/C12H24O3/c1-8-6-9(11(2,3)13)7-10(8)15-12(4,5)14/h8-10,13-14H,6-7H2,1-5H3/t8-,9?,10-/m1/s1. The van der Waals surface area contributed by atoms with Crippen molar-refractivity contribution in [2.45, 2.75) is 65.0 Å². The molecule has 15 heavy (non-hydrogen) atoms. The summed E-state index contributed by atoms with van der Waals surface area (Å²) < 4.78 is 5.58. The average molecular weight is 216 g/mol. The fraction of sp³-hybridized carbons (Fsp3) is 1.00. The van der Waals surface area contributed by atoms with Crippen molar-refractivity contribution in [1.29, 1.82) is 0 Å². The molecule has 0 spiro atoms. The summed E-state index contributed by atoms with van der Waals surface area (Å²) >= 11 is 0. The van der Waals surface area contributed by atoms with Gasteiger partial charge in [0.25, 0.3) is 0 Å². The van der Waals surface area contributed by atoms with Gasteiger partial charge in [-0.15, -0.1) is 0 Å². The molecule has 0 saturated heterocycles. The first-order chi connectivity index (χ1) is 6.59. The van der Waals surface area contributed by atoms with E-state index in [1.165, 1.54) is 0 Å². The maximum atomic E-state index is 9.93. The van der Waals surface area contributed by atoms with Crippen molar-refractivity contribution in [2.24, 2.45) is 11.8 Å². The highest BCUT2D eigenvalue weighted by molar-refractivity contribution is 4.90. The van der Waals surface area contributed by atoms with Crippen molar-refractivity contribution >= 4 is 0 Å². The molecule has 0 radical (unpaired) electrons. The smallest absolute Gasteiger partial charge is 0.160 e. The van der Waals surface area contributed by atoms with E-state index < -0.39 is 11.4 Å². The van der Waals surface area contributed by atoms with Crippen LogP contribution < -0.4 is 0 Å². The second-order valence-electron chi connectivity index (χ2n) is 5.90. The van der Waals surface area contributed by atoms with Crippen LogP contribution in [-0.4, -0.2) is 27.7 Å². The lowest BCUT2D eigenvalue weighted by Crippen LogP contribution is -2.33. The lowest BCUT2D eigenvalue weighted by molar-refractivity contribution is -0.212. The Balaban J connectivity index is 2.57. The monoisotopic (exact) mass is 216 g/mol. The third kappa shape index (κ3) is 3.74. The summed E-state index contributed by atoms with van der Waals surface area (Å²) in [4.78, 5) is 0. The second kappa shape index (κ2) is 4.04. The van der Waals surface area contributed by atoms with Crippen LogP contribution in [0, 0.1) is 11.8 Å². The van der Waals surface area contributed by atoms with Crippen LogP contribution in [0.25, 0.3) is 0 Å². The van der Waals surface area contributed by atoms with Gasteiger partial charge in [0.1, 0.15) is 0 Å². The molecule has 1 aliphatic carbocycles. The van der Waals surface area contributed by atoms with Crippen LogP contribution in [0.2, 0.25) is 0 Å². The summed E-state index contributed by atoms with van der Waals surface area (Å²) in [6.45, 7) is 9.10. The molecular weight excluding hydrogens is 192 g/mol. The SMILES string of the molecule is C[C@@H]1CC(C(C)(C)O)C[C@H]1OC(C)(C)O. The van der Waals surface area contributed by atoms with Crippen molar-refractivity contribution in [3.8, 4) is 0 Å². The molecule has 0 heterocycles. The quantitative estimate of drug-likeness (QED) is 0.709. The number of aliphatic hydroxyl groups is 2. The summed E-state index contributed by atoms with van der Waals surface area (Å²) in [5, 5.41) is 19.5. The number of hydrogen-bond acceptors (Lipinski definition) is 3. The largest absolute Gasteiger partial charge is 0.390 e. The molecule has 2 N–H and O–H groups in total. The van der Waals surface area contributed by atoms with Gasteiger partial charge in [-0.2, -0.15) is 0 Å². The Hall–Kier alpha value is -0.120. The third-order valence-electron chi connectivity index (χ3n) is 3.25. The van der Waals surface area contributed by atoms with Gasteiger partial charge in [-0.05, 0) is 52.4 Å². The summed E-state index contributed by atoms with van der Waals surface area (Å²) in [5.74, 6) is -0.416. The Morgan fingerprint density at radius 3 is 1.93 bits per heavy atom. The maximum absolute atomic E-state index is 9.93. The topological polar surface area (TPSA) is 49.7 Å². The van der Waals surface area contributed by atoms with Gasteiger partial charge in [-0.25, -0.2) is 0 Å². The first-order valence-electron chi connectivity index (χ1n) is 5.72. The zero-order valence-electron chi connectivity index (χ0n) is 10.4. The Morgan fingerprint density at radius 2 is 1.60 bits per heavy atom. The zero-order chi connectivity index (χ0) is 11.9. The van der Waals surface area contributed by atoms with E-state index in [9.17, 15) is 10.2 Å². The average Bonchev–Trinajstić information content (AvgIpc) is 2.27. The van der Waals surface area contributed by atoms with Crippen molar-refractivity contribution in [1.82, 2.24) is 0 Å². The number of ether oxygens (including phenoxy) is 1. The van der Waals surface area contributed by atoms with Gasteiger partial charge in [0, 0.05) is 0 Å². The van der Waals surface area contributed by atoms with Crippen LogP contribution in [0.3, 0.4) is 0 Å². The predicted molar refractivity (Wildman–Crippen MR) is 59.4 cm³/mol. The molecule has 1 rings (SSSR count). The first-order valence-corrected chi connectivity index (χ1v) is 5.72. The van der Waals surface area contributed by atoms with Crippen LogP contribution in [0.5, 0.6) is 0 Å². The molecule has 1 aliphatic rings. The summed E-state index contributed by atoms with van der Waals surface area (Å²) in [6.07, 6.45) is 1.85. The Labute approximate surface area is 92.4 Å². The second-order valence-corrected chi connectivity index (χ2v) is 5.90. The van der Waals surface area contributed by atoms with Gasteiger partial charge in [0.15, 0.2) is 5.79 Å². The van der Waals surface area contributed by atoms with E-state index >= 15 is 0 Å². The van der Waals surface area contributed by atoms with Crippen molar-refractivity contribution in [3.63, 3.8) is 0 Å². The molecule has 0 aromatic rings. The van der Waals surface area contributed by atoms with E-state index in [2.05, 4.69) is 6.92 Å². The normalized spacial score (nSPS) is 33.4. The van der Waals surface area contributed by atoms with E-state index in [-0.39, 0.29) is 12.0 Å². The lowest BCUT2D eigenvalue weighted by atomic mass is 9.89.